The van der Waals surface area contributed by atoms with Crippen molar-refractivity contribution in [3.8, 4) is 11.3 Å². The van der Waals surface area contributed by atoms with Gasteiger partial charge in [-0.05, 0) is 23.8 Å². The number of H-pyrrole nitrogens is 1. The van der Waals surface area contributed by atoms with Crippen molar-refractivity contribution >= 4 is 40.4 Å². The van der Waals surface area contributed by atoms with Crippen LogP contribution < -0.4 is 16.0 Å². The maximum Gasteiger partial charge on any atom is 0.258 e. The average molecular weight is 435 g/mol. The molecule has 0 unspecified atom stereocenters. The summed E-state index contributed by atoms with van der Waals surface area (Å²) < 4.78 is 0. The number of benzene rings is 3. The monoisotopic (exact) mass is 435 g/mol. The number of aromatic amines is 1. The van der Waals surface area contributed by atoms with Gasteiger partial charge in [0.15, 0.2) is 0 Å². The van der Waals surface area contributed by atoms with Crippen molar-refractivity contribution in [3.63, 3.8) is 0 Å². The molecule has 0 fully saturated rings. The van der Waals surface area contributed by atoms with Crippen LogP contribution in [-0.2, 0) is 9.59 Å². The molecule has 1 aromatic heterocycles. The number of carbonyl (C=O) groups excluding carboxylic acids is 2. The molecule has 0 saturated heterocycles. The molecule has 0 saturated carbocycles. The maximum atomic E-state index is 12.9. The van der Waals surface area contributed by atoms with E-state index < -0.39 is 0 Å². The summed E-state index contributed by atoms with van der Waals surface area (Å²) in [5.41, 5.74) is 6.37. The van der Waals surface area contributed by atoms with E-state index in [4.69, 9.17) is 0 Å². The fourth-order valence-corrected chi connectivity index (χ4v) is 3.82. The zero-order chi connectivity index (χ0) is 22.8. The van der Waals surface area contributed by atoms with E-state index in [9.17, 15) is 9.59 Å². The first-order valence-electron chi connectivity index (χ1n) is 10.5. The minimum absolute atomic E-state index is 0.138. The molecule has 4 N–H and O–H groups in total. The van der Waals surface area contributed by atoms with Crippen molar-refractivity contribution in [2.45, 2.75) is 6.92 Å². The molecule has 0 atom stereocenters. The van der Waals surface area contributed by atoms with Crippen molar-refractivity contribution in [3.05, 3.63) is 96.2 Å². The molecule has 2 heterocycles. The number of para-hydroxylation sites is 1. The Hall–Kier alpha value is -4.65. The van der Waals surface area contributed by atoms with Crippen molar-refractivity contribution < 1.29 is 9.59 Å². The van der Waals surface area contributed by atoms with Crippen LogP contribution in [0, 0.1) is 0 Å². The van der Waals surface area contributed by atoms with Gasteiger partial charge >= 0.3 is 0 Å². The lowest BCUT2D eigenvalue weighted by Crippen LogP contribution is -2.10. The Morgan fingerprint density at radius 2 is 1.61 bits per heavy atom. The number of hydrogen-bond acceptors (Lipinski definition) is 4. The summed E-state index contributed by atoms with van der Waals surface area (Å²) in [6.45, 7) is 1.44. The van der Waals surface area contributed by atoms with Gasteiger partial charge in [-0.1, -0.05) is 60.7 Å². The van der Waals surface area contributed by atoms with E-state index in [0.717, 1.165) is 39.5 Å². The molecule has 7 heteroatoms. The molecule has 7 nitrogen and oxygen atoms in total. The summed E-state index contributed by atoms with van der Waals surface area (Å²) in [5, 5.41) is 9.04. The third-order valence-corrected chi connectivity index (χ3v) is 5.31. The van der Waals surface area contributed by atoms with Crippen molar-refractivity contribution in [1.82, 2.24) is 9.97 Å². The normalized spacial score (nSPS) is 13.8. The fourth-order valence-electron chi connectivity index (χ4n) is 3.82. The third kappa shape index (κ3) is 4.12. The Labute approximate surface area is 190 Å². The molecule has 0 bridgehead atoms. The van der Waals surface area contributed by atoms with Crippen LogP contribution in [0.1, 0.15) is 18.1 Å². The molecule has 5 rings (SSSR count). The second kappa shape index (κ2) is 8.47. The third-order valence-electron chi connectivity index (χ3n) is 5.31. The minimum atomic E-state index is -0.186. The van der Waals surface area contributed by atoms with E-state index in [0.29, 0.717) is 11.5 Å². The highest BCUT2D eigenvalue weighted by Crippen LogP contribution is 2.37. The van der Waals surface area contributed by atoms with Crippen LogP contribution in [0.15, 0.2) is 85.1 Å². The lowest BCUT2D eigenvalue weighted by atomic mass is 10.00. The van der Waals surface area contributed by atoms with Gasteiger partial charge in [-0.15, -0.1) is 0 Å². The number of aromatic nitrogens is 2. The summed E-state index contributed by atoms with van der Waals surface area (Å²) in [7, 11) is 0. The lowest BCUT2D eigenvalue weighted by Gasteiger charge is -2.15. The first-order valence-corrected chi connectivity index (χ1v) is 10.5. The van der Waals surface area contributed by atoms with Gasteiger partial charge in [0, 0.05) is 35.6 Å². The molecule has 3 aromatic carbocycles. The first-order chi connectivity index (χ1) is 16.1. The molecule has 0 aliphatic carbocycles. The van der Waals surface area contributed by atoms with E-state index >= 15 is 0 Å². The summed E-state index contributed by atoms with van der Waals surface area (Å²) >= 11 is 0. The Morgan fingerprint density at radius 1 is 0.879 bits per heavy atom. The number of carbonyl (C=O) groups is 2. The van der Waals surface area contributed by atoms with Crippen LogP contribution >= 0.6 is 0 Å². The number of hydrogen-bond donors (Lipinski definition) is 4. The van der Waals surface area contributed by atoms with Gasteiger partial charge in [0.25, 0.3) is 5.91 Å². The summed E-state index contributed by atoms with van der Waals surface area (Å²) in [5.74, 6) is 0.0809. The number of imidazole rings is 1. The number of anilines is 3. The topological polar surface area (TPSA) is 98.9 Å². The van der Waals surface area contributed by atoms with Crippen molar-refractivity contribution in [2.75, 3.05) is 16.0 Å². The van der Waals surface area contributed by atoms with Gasteiger partial charge in [-0.3, -0.25) is 14.9 Å². The van der Waals surface area contributed by atoms with Gasteiger partial charge in [0.05, 0.1) is 17.0 Å². The van der Waals surface area contributed by atoms with Gasteiger partial charge < -0.3 is 15.6 Å². The number of fused-ring (bicyclic) bond motifs is 1. The lowest BCUT2D eigenvalue weighted by molar-refractivity contribution is -0.114. The van der Waals surface area contributed by atoms with Crippen LogP contribution in [0.3, 0.4) is 0 Å². The molecule has 1 aliphatic rings. The van der Waals surface area contributed by atoms with Gasteiger partial charge in [-0.2, -0.15) is 0 Å². The largest absolute Gasteiger partial charge is 0.354 e. The molecule has 4 aromatic rings. The van der Waals surface area contributed by atoms with Crippen LogP contribution in [-0.4, -0.2) is 21.8 Å². The van der Waals surface area contributed by atoms with Gasteiger partial charge in [0.2, 0.25) is 11.9 Å². The van der Waals surface area contributed by atoms with Crippen molar-refractivity contribution in [1.29, 1.82) is 0 Å². The summed E-state index contributed by atoms with van der Waals surface area (Å²) in [4.78, 5) is 31.5. The fraction of sp³-hybridized carbons (Fsp3) is 0.0385. The Morgan fingerprint density at radius 3 is 2.36 bits per heavy atom. The van der Waals surface area contributed by atoms with Gasteiger partial charge in [0.1, 0.15) is 0 Å². The Bertz CT molecular complexity index is 1370. The van der Waals surface area contributed by atoms with E-state index in [1.807, 2.05) is 78.9 Å². The SMILES string of the molecule is CC(=O)Nc1nc(-c2ccc(N/C(=C3\C(=O)Nc4ccccc43)c3ccccc3)cc2)c[nH]1. The summed E-state index contributed by atoms with van der Waals surface area (Å²) in [6.07, 6.45) is 1.74. The Kier molecular flexibility index (Phi) is 5.20. The zero-order valence-corrected chi connectivity index (χ0v) is 17.8. The molecule has 162 valence electrons. The first kappa shape index (κ1) is 20.3. The van der Waals surface area contributed by atoms with E-state index in [-0.39, 0.29) is 11.8 Å². The average Bonchev–Trinajstić information content (AvgIpc) is 3.41. The second-order valence-electron chi connectivity index (χ2n) is 7.63. The van der Waals surface area contributed by atoms with E-state index in [2.05, 4.69) is 25.9 Å². The number of amides is 2. The molecule has 0 spiro atoms. The maximum absolute atomic E-state index is 12.9. The van der Waals surface area contributed by atoms with Crippen LogP contribution in [0.5, 0.6) is 0 Å². The quantitative estimate of drug-likeness (QED) is 0.333. The second-order valence-corrected chi connectivity index (χ2v) is 7.63. The van der Waals surface area contributed by atoms with Crippen LogP contribution in [0.2, 0.25) is 0 Å². The smallest absolute Gasteiger partial charge is 0.258 e. The highest BCUT2D eigenvalue weighted by molar-refractivity contribution is 6.37. The standard InChI is InChI=1S/C26H21N5O2/c1-16(32)28-26-27-15-22(31-26)17-11-13-19(14-12-17)29-24(18-7-3-2-4-8-18)23-20-9-5-6-10-21(20)30-25(23)33/h2-15,29H,1H3,(H,30,33)(H2,27,28,31,32)/b24-23-. The molecule has 33 heavy (non-hydrogen) atoms. The van der Waals surface area contributed by atoms with E-state index in [1.165, 1.54) is 6.92 Å². The van der Waals surface area contributed by atoms with E-state index in [1.54, 1.807) is 6.20 Å². The highest BCUT2D eigenvalue weighted by Gasteiger charge is 2.28. The molecular weight excluding hydrogens is 414 g/mol. The molecule has 1 aliphatic heterocycles. The number of nitrogens with one attached hydrogen (secondary N) is 4. The molecule has 0 radical (unpaired) electrons. The molecule has 2 amide bonds. The zero-order valence-electron chi connectivity index (χ0n) is 17.8. The minimum Gasteiger partial charge on any atom is -0.354 e. The number of nitrogens with zero attached hydrogens (tertiary/aromatic N) is 1. The molecular formula is C26H21N5O2. The number of rotatable bonds is 5. The highest BCUT2D eigenvalue weighted by atomic mass is 16.2. The Balaban J connectivity index is 1.49. The predicted molar refractivity (Wildman–Crippen MR) is 130 cm³/mol. The van der Waals surface area contributed by atoms with Gasteiger partial charge in [-0.25, -0.2) is 4.98 Å². The summed E-state index contributed by atoms with van der Waals surface area (Å²) in [6, 6.07) is 25.2. The van der Waals surface area contributed by atoms with Crippen LogP contribution in [0.4, 0.5) is 17.3 Å². The van der Waals surface area contributed by atoms with Crippen molar-refractivity contribution in [2.24, 2.45) is 0 Å². The van der Waals surface area contributed by atoms with Crippen LogP contribution in [0.25, 0.3) is 22.5 Å². The predicted octanol–water partition coefficient (Wildman–Crippen LogP) is 4.97.